The lowest BCUT2D eigenvalue weighted by Crippen LogP contribution is -2.44. The van der Waals surface area contributed by atoms with Crippen molar-refractivity contribution in [2.45, 2.75) is 57.5 Å². The third-order valence-electron chi connectivity index (χ3n) is 6.08. The molecular weight excluding hydrogens is 473 g/mol. The molecule has 2 N–H and O–H groups in total. The molecule has 1 aliphatic heterocycles. The molecule has 1 saturated heterocycles. The number of anilines is 1. The second-order valence-electron chi connectivity index (χ2n) is 10.4. The first-order valence-electron chi connectivity index (χ1n) is 12.0. The predicted octanol–water partition coefficient (Wildman–Crippen LogP) is 5.15. The van der Waals surface area contributed by atoms with Crippen LogP contribution in [0, 0.1) is 5.92 Å². The van der Waals surface area contributed by atoms with Gasteiger partial charge in [0.2, 0.25) is 0 Å². The average Bonchev–Trinajstić information content (AvgIpc) is 3.18. The lowest BCUT2D eigenvalue weighted by atomic mass is 9.92. The molecule has 0 saturated carbocycles. The summed E-state index contributed by atoms with van der Waals surface area (Å²) in [6, 6.07) is 6.56. The number of hydrogen-bond acceptors (Lipinski definition) is 6. The summed E-state index contributed by atoms with van der Waals surface area (Å²) in [5.41, 5.74) is 2.90. The molecule has 35 heavy (non-hydrogen) atoms. The molecule has 1 aliphatic rings. The Morgan fingerprint density at radius 2 is 2.03 bits per heavy atom. The Morgan fingerprint density at radius 3 is 2.80 bits per heavy atom. The maximum atomic E-state index is 12.9. The summed E-state index contributed by atoms with van der Waals surface area (Å²) < 4.78 is 46.4. The minimum atomic E-state index is -4.16. The monoisotopic (exact) mass is 506 g/mol. The molecule has 0 spiro atoms. The van der Waals surface area contributed by atoms with Gasteiger partial charge < -0.3 is 19.9 Å². The maximum Gasteiger partial charge on any atom is 0.389 e. The van der Waals surface area contributed by atoms with E-state index in [1.165, 1.54) is 0 Å². The van der Waals surface area contributed by atoms with Gasteiger partial charge in [-0.1, -0.05) is 19.6 Å². The summed E-state index contributed by atoms with van der Waals surface area (Å²) in [6.07, 6.45) is 0.761. The Labute approximate surface area is 204 Å². The van der Waals surface area contributed by atoms with Crippen LogP contribution in [0.2, 0.25) is 25.7 Å². The van der Waals surface area contributed by atoms with Crippen LogP contribution in [0.25, 0.3) is 22.4 Å². The van der Waals surface area contributed by atoms with Crippen molar-refractivity contribution in [3.05, 3.63) is 36.8 Å². The van der Waals surface area contributed by atoms with Crippen molar-refractivity contribution < 1.29 is 17.9 Å². The zero-order chi connectivity index (χ0) is 25.1. The summed E-state index contributed by atoms with van der Waals surface area (Å²) in [6.45, 7) is 9.06. The molecule has 2 unspecified atom stereocenters. The SMILES string of the molecule is C[Si](C)(C)CCOCn1ccc2nc(-c3cccnc3NC3CNCC(CC(F)(F)F)C3)cnc21. The highest BCUT2D eigenvalue weighted by atomic mass is 28.3. The van der Waals surface area contributed by atoms with Gasteiger partial charge in [0.1, 0.15) is 18.1 Å². The van der Waals surface area contributed by atoms with Gasteiger partial charge in [0.25, 0.3) is 0 Å². The van der Waals surface area contributed by atoms with Crippen LogP contribution in [0.1, 0.15) is 12.8 Å². The molecule has 7 nitrogen and oxygen atoms in total. The van der Waals surface area contributed by atoms with E-state index in [9.17, 15) is 13.2 Å². The number of rotatable bonds is 9. The molecule has 0 bridgehead atoms. The molecule has 4 heterocycles. The highest BCUT2D eigenvalue weighted by Gasteiger charge is 2.34. The normalized spacial score (nSPS) is 19.3. The second-order valence-corrected chi connectivity index (χ2v) is 16.0. The van der Waals surface area contributed by atoms with E-state index in [0.29, 0.717) is 37.8 Å². The van der Waals surface area contributed by atoms with Gasteiger partial charge in [0, 0.05) is 51.6 Å². The van der Waals surface area contributed by atoms with Crippen molar-refractivity contribution in [2.24, 2.45) is 5.92 Å². The van der Waals surface area contributed by atoms with E-state index in [1.807, 2.05) is 29.0 Å². The molecule has 11 heteroatoms. The number of halogens is 3. The maximum absolute atomic E-state index is 12.9. The van der Waals surface area contributed by atoms with Crippen LogP contribution < -0.4 is 10.6 Å². The van der Waals surface area contributed by atoms with Crippen LogP contribution in [0.5, 0.6) is 0 Å². The Hall–Kier alpha value is -2.50. The lowest BCUT2D eigenvalue weighted by Gasteiger charge is -2.31. The average molecular weight is 507 g/mol. The summed E-state index contributed by atoms with van der Waals surface area (Å²) >= 11 is 0. The van der Waals surface area contributed by atoms with E-state index in [2.05, 4.69) is 40.2 Å². The molecule has 0 aromatic carbocycles. The third-order valence-corrected chi connectivity index (χ3v) is 7.78. The highest BCUT2D eigenvalue weighted by Crippen LogP contribution is 2.31. The molecule has 0 radical (unpaired) electrons. The fraction of sp³-hybridized carbons (Fsp3) is 0.542. The van der Waals surface area contributed by atoms with Crippen molar-refractivity contribution in [3.8, 4) is 11.3 Å². The van der Waals surface area contributed by atoms with Crippen molar-refractivity contribution >= 4 is 25.1 Å². The second kappa shape index (κ2) is 10.6. The number of ether oxygens (including phenoxy) is 1. The zero-order valence-electron chi connectivity index (χ0n) is 20.4. The fourth-order valence-electron chi connectivity index (χ4n) is 4.28. The number of pyridine rings is 1. The molecule has 4 rings (SSSR count). The van der Waals surface area contributed by atoms with Crippen molar-refractivity contribution in [3.63, 3.8) is 0 Å². The van der Waals surface area contributed by atoms with E-state index in [-0.39, 0.29) is 6.04 Å². The highest BCUT2D eigenvalue weighted by molar-refractivity contribution is 6.76. The largest absolute Gasteiger partial charge is 0.389 e. The van der Waals surface area contributed by atoms with Gasteiger partial charge in [0.05, 0.1) is 11.9 Å². The molecule has 190 valence electrons. The zero-order valence-corrected chi connectivity index (χ0v) is 21.4. The molecule has 3 aromatic heterocycles. The lowest BCUT2D eigenvalue weighted by molar-refractivity contribution is -0.145. The van der Waals surface area contributed by atoms with E-state index in [0.717, 1.165) is 29.4 Å². The molecular formula is C24H33F3N6OSi. The van der Waals surface area contributed by atoms with Gasteiger partial charge in [-0.3, -0.25) is 0 Å². The van der Waals surface area contributed by atoms with Gasteiger partial charge in [-0.05, 0) is 43.1 Å². The van der Waals surface area contributed by atoms with Crippen LogP contribution >= 0.6 is 0 Å². The Bertz CT molecular complexity index is 1130. The fourth-order valence-corrected chi connectivity index (χ4v) is 5.04. The van der Waals surface area contributed by atoms with Crippen LogP contribution in [0.15, 0.2) is 36.8 Å². The van der Waals surface area contributed by atoms with E-state index in [4.69, 9.17) is 9.72 Å². The Morgan fingerprint density at radius 1 is 1.20 bits per heavy atom. The molecule has 1 fully saturated rings. The number of nitrogens with zero attached hydrogens (tertiary/aromatic N) is 4. The number of aromatic nitrogens is 4. The third kappa shape index (κ3) is 7.25. The van der Waals surface area contributed by atoms with Gasteiger partial charge >= 0.3 is 6.18 Å². The van der Waals surface area contributed by atoms with Gasteiger partial charge in [-0.25, -0.2) is 15.0 Å². The van der Waals surface area contributed by atoms with Crippen molar-refractivity contribution in [1.29, 1.82) is 0 Å². The number of nitrogens with one attached hydrogen (secondary N) is 2. The minimum absolute atomic E-state index is 0.157. The Balaban J connectivity index is 1.46. The van der Waals surface area contributed by atoms with Crippen LogP contribution in [0.4, 0.5) is 19.0 Å². The van der Waals surface area contributed by atoms with Gasteiger partial charge in [0.15, 0.2) is 5.65 Å². The number of alkyl halides is 3. The summed E-state index contributed by atoms with van der Waals surface area (Å²) in [5, 5.41) is 6.45. The van der Waals surface area contributed by atoms with E-state index < -0.39 is 26.6 Å². The molecule has 2 atom stereocenters. The molecule has 3 aromatic rings. The number of hydrogen-bond donors (Lipinski definition) is 2. The smallest absolute Gasteiger partial charge is 0.365 e. The van der Waals surface area contributed by atoms with Crippen LogP contribution in [-0.2, 0) is 11.5 Å². The summed E-state index contributed by atoms with van der Waals surface area (Å²) in [4.78, 5) is 13.8. The number of piperidine rings is 1. The quantitative estimate of drug-likeness (QED) is 0.309. The predicted molar refractivity (Wildman–Crippen MR) is 134 cm³/mol. The van der Waals surface area contributed by atoms with Gasteiger partial charge in [-0.2, -0.15) is 13.2 Å². The first kappa shape index (κ1) is 25.6. The standard InChI is InChI=1S/C24H33F3N6OSi/c1-35(2,3)10-9-34-16-33-8-6-20-23(33)30-15-21(32-20)19-5-4-7-29-22(19)31-18-11-17(13-28-14-18)12-24(25,26)27/h4-8,15,17-18,28H,9-14,16H2,1-3H3,(H,29,31). The van der Waals surface area contributed by atoms with Crippen molar-refractivity contribution in [2.75, 3.05) is 25.0 Å². The summed E-state index contributed by atoms with van der Waals surface area (Å²) in [5.74, 6) is 0.131. The first-order valence-corrected chi connectivity index (χ1v) is 15.7. The Kier molecular flexibility index (Phi) is 7.77. The summed E-state index contributed by atoms with van der Waals surface area (Å²) in [7, 11) is -1.14. The minimum Gasteiger partial charge on any atom is -0.365 e. The number of fused-ring (bicyclic) bond motifs is 1. The van der Waals surface area contributed by atoms with Crippen LogP contribution in [-0.4, -0.2) is 59.5 Å². The molecule has 0 amide bonds. The van der Waals surface area contributed by atoms with E-state index >= 15 is 0 Å². The van der Waals surface area contributed by atoms with Crippen molar-refractivity contribution in [1.82, 2.24) is 24.8 Å². The first-order chi connectivity index (χ1) is 16.6. The van der Waals surface area contributed by atoms with Crippen LogP contribution in [0.3, 0.4) is 0 Å². The van der Waals surface area contributed by atoms with E-state index in [1.54, 1.807) is 12.4 Å². The molecule has 0 aliphatic carbocycles. The van der Waals surface area contributed by atoms with Gasteiger partial charge in [-0.15, -0.1) is 0 Å². The topological polar surface area (TPSA) is 76.9 Å².